The molecule has 3 rings (SSSR count). The molecule has 3 aromatic carbocycles. The first kappa shape index (κ1) is 19.3. The fourth-order valence-electron chi connectivity index (χ4n) is 2.64. The minimum Gasteiger partial charge on any atom is -0.281 e. The van der Waals surface area contributed by atoms with E-state index >= 15 is 0 Å². The van der Waals surface area contributed by atoms with Crippen LogP contribution in [0.3, 0.4) is 0 Å². The number of hydrogen-bond donors (Lipinski definition) is 2. The van der Waals surface area contributed by atoms with Crippen LogP contribution in [0.5, 0.6) is 0 Å². The topological polar surface area (TPSA) is 81.1 Å². The van der Waals surface area contributed by atoms with Gasteiger partial charge in [-0.1, -0.05) is 41.5 Å². The molecule has 0 aliphatic carbocycles. The molecule has 6 heteroatoms. The van der Waals surface area contributed by atoms with E-state index in [-0.39, 0.29) is 11.1 Å². The van der Waals surface area contributed by atoms with Gasteiger partial charge in [0, 0.05) is 11.1 Å². The van der Waals surface area contributed by atoms with Crippen LogP contribution in [0.1, 0.15) is 31.8 Å². The first-order valence-corrected chi connectivity index (χ1v) is 8.67. The maximum absolute atomic E-state index is 12.6. The van der Waals surface area contributed by atoms with Gasteiger partial charge in [-0.2, -0.15) is 10.1 Å². The van der Waals surface area contributed by atoms with E-state index in [0.29, 0.717) is 21.5 Å². The van der Waals surface area contributed by atoms with Gasteiger partial charge in [-0.25, -0.2) is 0 Å². The van der Waals surface area contributed by atoms with Crippen LogP contribution in [0.4, 0.5) is 11.4 Å². The number of carbonyl (C=O) groups excluding carboxylic acids is 2. The number of rotatable bonds is 4. The fraction of sp³-hybridized carbons (Fsp3) is 0.0909. The predicted octanol–water partition coefficient (Wildman–Crippen LogP) is 4.38. The molecule has 0 aromatic heterocycles. The van der Waals surface area contributed by atoms with Crippen LogP contribution in [-0.2, 0) is 0 Å². The summed E-state index contributed by atoms with van der Waals surface area (Å²) < 4.78 is 0. The molecule has 0 aliphatic heterocycles. The molecule has 0 radical (unpaired) electrons. The largest absolute Gasteiger partial charge is 0.282 e. The molecule has 3 aromatic rings. The third kappa shape index (κ3) is 4.09. The summed E-state index contributed by atoms with van der Waals surface area (Å²) in [4.78, 5) is 25.1. The molecule has 0 unspecified atom stereocenters. The first-order chi connectivity index (χ1) is 13.4. The van der Waals surface area contributed by atoms with E-state index < -0.39 is 11.8 Å². The van der Waals surface area contributed by atoms with Crippen LogP contribution in [0.25, 0.3) is 0 Å². The highest BCUT2D eigenvalue weighted by molar-refractivity contribution is 6.08. The maximum Gasteiger partial charge on any atom is 0.282 e. The number of hydrogen-bond acceptors (Lipinski definition) is 4. The van der Waals surface area contributed by atoms with Crippen molar-refractivity contribution >= 4 is 23.2 Å². The molecule has 0 atom stereocenters. The van der Waals surface area contributed by atoms with Crippen molar-refractivity contribution in [2.75, 3.05) is 10.1 Å². The lowest BCUT2D eigenvalue weighted by Gasteiger charge is -2.17. The van der Waals surface area contributed by atoms with Gasteiger partial charge >= 0.3 is 0 Å². The molecule has 0 saturated carbocycles. The van der Waals surface area contributed by atoms with Gasteiger partial charge in [-0.3, -0.25) is 20.0 Å². The molecule has 6 nitrogen and oxygen atoms in total. The minimum atomic E-state index is -0.682. The number of benzene rings is 3. The Bertz CT molecular complexity index is 919. The van der Waals surface area contributed by atoms with E-state index in [9.17, 15) is 20.0 Å². The molecule has 2 amide bonds. The van der Waals surface area contributed by atoms with Crippen LogP contribution in [0.15, 0.2) is 72.8 Å². The Labute approximate surface area is 162 Å². The number of carbonyl (C=O) groups is 2. The molecular weight excluding hydrogens is 356 g/mol. The number of amides is 2. The van der Waals surface area contributed by atoms with E-state index in [2.05, 4.69) is 0 Å². The van der Waals surface area contributed by atoms with Crippen molar-refractivity contribution in [2.24, 2.45) is 0 Å². The Kier molecular flexibility index (Phi) is 5.54. The van der Waals surface area contributed by atoms with Gasteiger partial charge in [-0.05, 0) is 56.3 Å². The zero-order chi connectivity index (χ0) is 20.3. The first-order valence-electron chi connectivity index (χ1n) is 8.67. The van der Waals surface area contributed by atoms with Gasteiger partial charge in [-0.15, -0.1) is 0 Å². The SMILES string of the molecule is Cc1ccc(N(O)C(=O)c2cccc(C(=O)N(O)c3ccc(C)cc3)c2)cc1. The van der Waals surface area contributed by atoms with Crippen molar-refractivity contribution < 1.29 is 20.0 Å². The second-order valence-corrected chi connectivity index (χ2v) is 6.49. The standard InChI is InChI=1S/C22H20N2O4/c1-15-6-10-19(11-7-15)23(27)21(25)17-4-3-5-18(14-17)22(26)24(28)20-12-8-16(2)9-13-20/h3-14,27-28H,1-2H3. The number of aryl methyl sites for hydroxylation is 2. The van der Waals surface area contributed by atoms with Crippen molar-refractivity contribution in [1.29, 1.82) is 0 Å². The lowest BCUT2D eigenvalue weighted by molar-refractivity contribution is 0.0851. The van der Waals surface area contributed by atoms with Crippen molar-refractivity contribution in [1.82, 2.24) is 0 Å². The molecule has 2 N–H and O–H groups in total. The van der Waals surface area contributed by atoms with Crippen molar-refractivity contribution in [3.63, 3.8) is 0 Å². The van der Waals surface area contributed by atoms with E-state index in [1.165, 1.54) is 24.3 Å². The molecule has 0 saturated heterocycles. The average Bonchev–Trinajstić information content (AvgIpc) is 2.73. The predicted molar refractivity (Wildman–Crippen MR) is 106 cm³/mol. The molecule has 0 fully saturated rings. The summed E-state index contributed by atoms with van der Waals surface area (Å²) in [6.45, 7) is 3.80. The van der Waals surface area contributed by atoms with Crippen molar-refractivity contribution in [3.8, 4) is 0 Å². The minimum absolute atomic E-state index is 0.117. The zero-order valence-corrected chi connectivity index (χ0v) is 15.5. The fourth-order valence-corrected chi connectivity index (χ4v) is 2.64. The number of hydroxylamine groups is 2. The lowest BCUT2D eigenvalue weighted by atomic mass is 10.1. The van der Waals surface area contributed by atoms with Crippen molar-refractivity contribution in [2.45, 2.75) is 13.8 Å². The lowest BCUT2D eigenvalue weighted by Crippen LogP contribution is -2.29. The van der Waals surface area contributed by atoms with Crippen molar-refractivity contribution in [3.05, 3.63) is 95.1 Å². The summed E-state index contributed by atoms with van der Waals surface area (Å²) in [5.74, 6) is -1.36. The van der Waals surface area contributed by atoms with Crippen LogP contribution in [0.2, 0.25) is 0 Å². The highest BCUT2D eigenvalue weighted by atomic mass is 16.5. The van der Waals surface area contributed by atoms with Crippen LogP contribution < -0.4 is 10.1 Å². The second kappa shape index (κ2) is 8.04. The monoisotopic (exact) mass is 376 g/mol. The van der Waals surface area contributed by atoms with Crippen LogP contribution in [-0.4, -0.2) is 22.2 Å². The third-order valence-corrected chi connectivity index (χ3v) is 4.30. The van der Waals surface area contributed by atoms with E-state index in [1.54, 1.807) is 48.5 Å². The van der Waals surface area contributed by atoms with Gasteiger partial charge in [0.15, 0.2) is 0 Å². The summed E-state index contributed by atoms with van der Waals surface area (Å²) in [6, 6.07) is 19.4. The van der Waals surface area contributed by atoms with Gasteiger partial charge < -0.3 is 0 Å². The molecular formula is C22H20N2O4. The van der Waals surface area contributed by atoms with Gasteiger partial charge in [0.05, 0.1) is 11.4 Å². The zero-order valence-electron chi connectivity index (χ0n) is 15.5. The summed E-state index contributed by atoms with van der Waals surface area (Å²) in [6.07, 6.45) is 0. The Morgan fingerprint density at radius 1 is 0.643 bits per heavy atom. The number of nitrogens with zero attached hydrogens (tertiary/aromatic N) is 2. The van der Waals surface area contributed by atoms with Gasteiger partial charge in [0.25, 0.3) is 11.8 Å². The normalized spacial score (nSPS) is 10.4. The Morgan fingerprint density at radius 2 is 1.00 bits per heavy atom. The molecule has 0 bridgehead atoms. The van der Waals surface area contributed by atoms with Crippen LogP contribution in [0, 0.1) is 13.8 Å². The maximum atomic E-state index is 12.6. The van der Waals surface area contributed by atoms with E-state index in [1.807, 2.05) is 13.8 Å². The van der Waals surface area contributed by atoms with E-state index in [0.717, 1.165) is 11.1 Å². The Hall–Kier alpha value is -3.48. The summed E-state index contributed by atoms with van der Waals surface area (Å²) in [5, 5.41) is 21.5. The summed E-state index contributed by atoms with van der Waals surface area (Å²) in [7, 11) is 0. The molecule has 0 spiro atoms. The molecule has 28 heavy (non-hydrogen) atoms. The second-order valence-electron chi connectivity index (χ2n) is 6.49. The quantitative estimate of drug-likeness (QED) is 0.523. The Balaban J connectivity index is 1.82. The summed E-state index contributed by atoms with van der Waals surface area (Å²) in [5.41, 5.74) is 2.86. The third-order valence-electron chi connectivity index (χ3n) is 4.30. The molecule has 0 heterocycles. The van der Waals surface area contributed by atoms with E-state index in [4.69, 9.17) is 0 Å². The van der Waals surface area contributed by atoms with Gasteiger partial charge in [0.2, 0.25) is 0 Å². The van der Waals surface area contributed by atoms with Crippen LogP contribution >= 0.6 is 0 Å². The highest BCUT2D eigenvalue weighted by Gasteiger charge is 2.20. The highest BCUT2D eigenvalue weighted by Crippen LogP contribution is 2.19. The average molecular weight is 376 g/mol. The molecule has 142 valence electrons. The number of anilines is 2. The van der Waals surface area contributed by atoms with Gasteiger partial charge in [0.1, 0.15) is 0 Å². The summed E-state index contributed by atoms with van der Waals surface area (Å²) >= 11 is 0. The molecule has 0 aliphatic rings. The Morgan fingerprint density at radius 3 is 1.36 bits per heavy atom. The smallest absolute Gasteiger partial charge is 0.281 e.